The van der Waals surface area contributed by atoms with Crippen LogP contribution in [-0.2, 0) is 4.79 Å². The third-order valence-corrected chi connectivity index (χ3v) is 4.73. The van der Waals surface area contributed by atoms with E-state index in [1.165, 1.54) is 5.56 Å². The molecule has 0 aliphatic heterocycles. The van der Waals surface area contributed by atoms with Gasteiger partial charge in [0, 0.05) is 11.2 Å². The van der Waals surface area contributed by atoms with E-state index in [2.05, 4.69) is 17.4 Å². The number of amides is 1. The molecular formula is C16H20N2OS. The van der Waals surface area contributed by atoms with Gasteiger partial charge in [0.2, 0.25) is 5.91 Å². The lowest BCUT2D eigenvalue weighted by Crippen LogP contribution is -2.38. The molecule has 106 valence electrons. The van der Waals surface area contributed by atoms with Crippen molar-refractivity contribution in [1.82, 2.24) is 5.32 Å². The van der Waals surface area contributed by atoms with Crippen molar-refractivity contribution in [3.63, 3.8) is 0 Å². The molecule has 1 fully saturated rings. The maximum absolute atomic E-state index is 12.2. The van der Waals surface area contributed by atoms with Crippen LogP contribution in [0.2, 0.25) is 0 Å². The second-order valence-electron chi connectivity index (χ2n) is 5.29. The Hall–Kier alpha value is -1.47. The number of thiol groups is 1. The van der Waals surface area contributed by atoms with Crippen LogP contribution in [0.3, 0.4) is 0 Å². The summed E-state index contributed by atoms with van der Waals surface area (Å²) in [6.45, 7) is 0.0879. The lowest BCUT2D eigenvalue weighted by Gasteiger charge is -2.34. The Bertz CT molecular complexity index is 483. The van der Waals surface area contributed by atoms with E-state index < -0.39 is 0 Å². The van der Waals surface area contributed by atoms with Crippen LogP contribution in [0.4, 0.5) is 0 Å². The Balaban J connectivity index is 2.10. The molecule has 0 spiro atoms. The zero-order chi connectivity index (χ0) is 14.4. The molecule has 0 heterocycles. The summed E-state index contributed by atoms with van der Waals surface area (Å²) in [5, 5.41) is 11.4. The van der Waals surface area contributed by atoms with Gasteiger partial charge in [-0.2, -0.15) is 17.9 Å². The molecule has 0 radical (unpaired) electrons. The summed E-state index contributed by atoms with van der Waals surface area (Å²) in [6, 6.07) is 12.1. The smallest absolute Gasteiger partial charge is 0.224 e. The van der Waals surface area contributed by atoms with E-state index in [1.807, 2.05) is 24.3 Å². The highest BCUT2D eigenvalue weighted by molar-refractivity contribution is 7.80. The van der Waals surface area contributed by atoms with E-state index in [-0.39, 0.29) is 29.5 Å². The topological polar surface area (TPSA) is 52.9 Å². The molecule has 1 N–H and O–H groups in total. The molecule has 0 bridgehead atoms. The van der Waals surface area contributed by atoms with Crippen molar-refractivity contribution < 1.29 is 4.79 Å². The second-order valence-corrected chi connectivity index (χ2v) is 5.84. The van der Waals surface area contributed by atoms with Gasteiger partial charge in [0.25, 0.3) is 0 Å². The van der Waals surface area contributed by atoms with Gasteiger partial charge >= 0.3 is 0 Å². The summed E-state index contributed by atoms with van der Waals surface area (Å²) in [6.07, 6.45) is 4.15. The Morgan fingerprint density at radius 2 is 2.05 bits per heavy atom. The summed E-state index contributed by atoms with van der Waals surface area (Å²) < 4.78 is 0. The van der Waals surface area contributed by atoms with Crippen LogP contribution in [0.15, 0.2) is 30.3 Å². The molecule has 1 unspecified atom stereocenters. The number of nitrogens with one attached hydrogen (secondary N) is 1. The summed E-state index contributed by atoms with van der Waals surface area (Å²) in [5.41, 5.74) is 1.17. The van der Waals surface area contributed by atoms with Crippen molar-refractivity contribution in [1.29, 1.82) is 5.26 Å². The van der Waals surface area contributed by atoms with Gasteiger partial charge in [-0.25, -0.2) is 0 Å². The molecule has 0 saturated heterocycles. The highest BCUT2D eigenvalue weighted by atomic mass is 32.1. The second kappa shape index (κ2) is 7.35. The van der Waals surface area contributed by atoms with Gasteiger partial charge in [-0.05, 0) is 24.3 Å². The molecule has 0 aromatic heterocycles. The Kier molecular flexibility index (Phi) is 5.49. The first-order valence-corrected chi connectivity index (χ1v) is 7.63. The molecule has 3 atom stereocenters. The van der Waals surface area contributed by atoms with Crippen molar-refractivity contribution in [2.24, 2.45) is 11.8 Å². The van der Waals surface area contributed by atoms with Crippen LogP contribution >= 0.6 is 12.6 Å². The van der Waals surface area contributed by atoms with Gasteiger partial charge in [0.1, 0.15) is 6.54 Å². The summed E-state index contributed by atoms with van der Waals surface area (Å²) in [4.78, 5) is 12.2. The number of nitrogens with zero attached hydrogens (tertiary/aromatic N) is 1. The number of rotatable bonds is 4. The molecule has 1 aliphatic carbocycles. The number of hydrogen-bond donors (Lipinski definition) is 2. The molecule has 3 nitrogen and oxygen atoms in total. The monoisotopic (exact) mass is 288 g/mol. The zero-order valence-electron chi connectivity index (χ0n) is 11.5. The van der Waals surface area contributed by atoms with Gasteiger partial charge < -0.3 is 5.32 Å². The lowest BCUT2D eigenvalue weighted by molar-refractivity contribution is -0.127. The van der Waals surface area contributed by atoms with E-state index in [0.717, 1.165) is 25.7 Å². The normalized spacial score (nSPS) is 23.6. The van der Waals surface area contributed by atoms with Gasteiger partial charge in [0.15, 0.2) is 0 Å². The molecule has 1 aromatic carbocycles. The maximum Gasteiger partial charge on any atom is 0.224 e. The van der Waals surface area contributed by atoms with Crippen molar-refractivity contribution in [3.8, 4) is 6.07 Å². The fourth-order valence-corrected chi connectivity index (χ4v) is 3.55. The quantitative estimate of drug-likeness (QED) is 0.661. The highest BCUT2D eigenvalue weighted by Gasteiger charge is 2.35. The fourth-order valence-electron chi connectivity index (χ4n) is 3.02. The number of benzene rings is 1. The van der Waals surface area contributed by atoms with Crippen LogP contribution in [0.5, 0.6) is 0 Å². The first-order valence-electron chi connectivity index (χ1n) is 7.11. The van der Waals surface area contributed by atoms with Gasteiger partial charge in [-0.1, -0.05) is 43.2 Å². The minimum atomic E-state index is -0.0280. The van der Waals surface area contributed by atoms with Crippen molar-refractivity contribution >= 4 is 18.5 Å². The molecule has 1 saturated carbocycles. The van der Waals surface area contributed by atoms with Crippen LogP contribution in [0.1, 0.15) is 36.5 Å². The third-order valence-electron chi connectivity index (χ3n) is 4.04. The molecule has 1 aliphatic rings. The molecule has 2 rings (SSSR count). The van der Waals surface area contributed by atoms with E-state index in [1.54, 1.807) is 0 Å². The number of carbonyl (C=O) groups is 1. The number of carbonyl (C=O) groups excluding carboxylic acids is 1. The summed E-state index contributed by atoms with van der Waals surface area (Å²) >= 11 is 4.76. The summed E-state index contributed by atoms with van der Waals surface area (Å²) in [5.74, 6) is 0.221. The van der Waals surface area contributed by atoms with Crippen LogP contribution in [0, 0.1) is 23.2 Å². The average molecular weight is 288 g/mol. The van der Waals surface area contributed by atoms with Crippen LogP contribution in [0.25, 0.3) is 0 Å². The van der Waals surface area contributed by atoms with Crippen LogP contribution in [-0.4, -0.2) is 12.5 Å². The van der Waals surface area contributed by atoms with E-state index in [4.69, 9.17) is 17.9 Å². The first-order chi connectivity index (χ1) is 9.74. The minimum Gasteiger partial charge on any atom is -0.343 e. The number of hydrogen-bond acceptors (Lipinski definition) is 3. The van der Waals surface area contributed by atoms with Gasteiger partial charge in [0.05, 0.1) is 6.07 Å². The van der Waals surface area contributed by atoms with Crippen molar-refractivity contribution in [2.45, 2.75) is 30.9 Å². The lowest BCUT2D eigenvalue weighted by atomic mass is 9.75. The fraction of sp³-hybridized carbons (Fsp3) is 0.500. The van der Waals surface area contributed by atoms with E-state index >= 15 is 0 Å². The average Bonchev–Trinajstić information content (AvgIpc) is 2.52. The van der Waals surface area contributed by atoms with Crippen LogP contribution < -0.4 is 5.32 Å². The minimum absolute atomic E-state index is 0.00577. The molecule has 4 heteroatoms. The standard InChI is InChI=1S/C16H20N2OS/c17-10-11-18-16(19)14-9-5-4-8-13(14)15(20)12-6-2-1-3-7-12/h1-3,6-7,13-15,20H,4-5,8-9,11H2,(H,18,19)/t13-,14-,15?/m0/s1. The molecular weight excluding hydrogens is 268 g/mol. The van der Waals surface area contributed by atoms with Crippen molar-refractivity contribution in [2.75, 3.05) is 6.54 Å². The van der Waals surface area contributed by atoms with Gasteiger partial charge in [-0.3, -0.25) is 4.79 Å². The van der Waals surface area contributed by atoms with Crippen molar-refractivity contribution in [3.05, 3.63) is 35.9 Å². The predicted octanol–water partition coefficient (Wildman–Crippen LogP) is 3.10. The SMILES string of the molecule is N#CCNC(=O)[C@H]1CCCC[C@@H]1C(S)c1ccccc1. The number of nitriles is 1. The Morgan fingerprint density at radius 1 is 1.35 bits per heavy atom. The predicted molar refractivity (Wildman–Crippen MR) is 82.2 cm³/mol. The van der Waals surface area contributed by atoms with E-state index in [0.29, 0.717) is 0 Å². The third kappa shape index (κ3) is 3.55. The molecule has 1 aromatic rings. The largest absolute Gasteiger partial charge is 0.343 e. The molecule has 1 amide bonds. The van der Waals surface area contributed by atoms with Gasteiger partial charge in [-0.15, -0.1) is 0 Å². The maximum atomic E-state index is 12.2. The Morgan fingerprint density at radius 3 is 2.75 bits per heavy atom. The molecule has 20 heavy (non-hydrogen) atoms. The van der Waals surface area contributed by atoms with E-state index in [9.17, 15) is 4.79 Å². The zero-order valence-corrected chi connectivity index (χ0v) is 12.4. The Labute approximate surface area is 125 Å². The summed E-state index contributed by atoms with van der Waals surface area (Å²) in [7, 11) is 0. The first kappa shape index (κ1) is 14.9. The highest BCUT2D eigenvalue weighted by Crippen LogP contribution is 2.42.